The van der Waals surface area contributed by atoms with Crippen LogP contribution in [0.1, 0.15) is 17.0 Å². The molecule has 1 aromatic carbocycles. The third-order valence-electron chi connectivity index (χ3n) is 2.98. The minimum Gasteiger partial charge on any atom is -0.330 e. The zero-order chi connectivity index (χ0) is 13.8. The molecule has 5 heteroatoms. The fraction of sp³-hybridized carbons (Fsp3) is 0.357. The summed E-state index contributed by atoms with van der Waals surface area (Å²) >= 11 is 1.58. The summed E-state index contributed by atoms with van der Waals surface area (Å²) in [7, 11) is 0. The maximum absolute atomic E-state index is 14.0. The number of para-hydroxylation sites is 1. The van der Waals surface area contributed by atoms with Crippen LogP contribution in [-0.4, -0.2) is 18.1 Å². The minimum absolute atomic E-state index is 0.231. The van der Waals surface area contributed by atoms with E-state index in [-0.39, 0.29) is 5.82 Å². The summed E-state index contributed by atoms with van der Waals surface area (Å²) < 4.78 is 14.0. The Balaban J connectivity index is 2.38. The van der Waals surface area contributed by atoms with Crippen LogP contribution in [0.25, 0.3) is 0 Å². The Labute approximate surface area is 116 Å². The molecule has 0 radical (unpaired) electrons. The van der Waals surface area contributed by atoms with Gasteiger partial charge in [-0.1, -0.05) is 12.1 Å². The third kappa shape index (κ3) is 3.11. The fourth-order valence-electron chi connectivity index (χ4n) is 1.81. The smallest absolute Gasteiger partial charge is 0.190 e. The third-order valence-corrected chi connectivity index (χ3v) is 4.07. The first-order chi connectivity index (χ1) is 9.13. The van der Waals surface area contributed by atoms with Crippen LogP contribution in [-0.2, 0) is 0 Å². The number of nitrogens with zero attached hydrogens (tertiary/aromatic N) is 2. The molecule has 1 heterocycles. The molecule has 102 valence electrons. The number of hydrogen-bond acceptors (Lipinski definition) is 4. The lowest BCUT2D eigenvalue weighted by molar-refractivity contribution is 0.623. The van der Waals surface area contributed by atoms with E-state index in [4.69, 9.17) is 5.73 Å². The molecule has 3 nitrogen and oxygen atoms in total. The van der Waals surface area contributed by atoms with Gasteiger partial charge in [0.25, 0.3) is 0 Å². The number of thiazole rings is 1. The number of aromatic nitrogens is 1. The number of aryl methyl sites for hydroxylation is 2. The number of benzene rings is 1. The quantitative estimate of drug-likeness (QED) is 0.912. The van der Waals surface area contributed by atoms with Crippen LogP contribution in [0.3, 0.4) is 0 Å². The van der Waals surface area contributed by atoms with Crippen LogP contribution < -0.4 is 10.6 Å². The topological polar surface area (TPSA) is 42.2 Å². The largest absolute Gasteiger partial charge is 0.330 e. The number of hydrogen-bond donors (Lipinski definition) is 1. The molecule has 0 spiro atoms. The van der Waals surface area contributed by atoms with Crippen LogP contribution in [0, 0.1) is 19.7 Å². The molecule has 2 aromatic rings. The van der Waals surface area contributed by atoms with Crippen LogP contribution in [0.5, 0.6) is 0 Å². The minimum atomic E-state index is -0.231. The van der Waals surface area contributed by atoms with Crippen molar-refractivity contribution in [2.75, 3.05) is 18.0 Å². The van der Waals surface area contributed by atoms with E-state index in [1.165, 1.54) is 6.07 Å². The van der Waals surface area contributed by atoms with Gasteiger partial charge < -0.3 is 10.6 Å². The molecule has 0 atom stereocenters. The van der Waals surface area contributed by atoms with Crippen molar-refractivity contribution < 1.29 is 4.39 Å². The highest BCUT2D eigenvalue weighted by Crippen LogP contribution is 2.32. The Bertz CT molecular complexity index is 534. The molecular weight excluding hydrogens is 261 g/mol. The van der Waals surface area contributed by atoms with E-state index in [0.717, 1.165) is 22.1 Å². The van der Waals surface area contributed by atoms with Crippen molar-refractivity contribution in [1.82, 2.24) is 4.98 Å². The summed E-state index contributed by atoms with van der Waals surface area (Å²) in [4.78, 5) is 7.58. The maximum Gasteiger partial charge on any atom is 0.190 e. The highest BCUT2D eigenvalue weighted by atomic mass is 32.1. The van der Waals surface area contributed by atoms with Gasteiger partial charge in [0.2, 0.25) is 0 Å². The molecule has 2 N–H and O–H groups in total. The average molecular weight is 279 g/mol. The van der Waals surface area contributed by atoms with Crippen LogP contribution in [0.15, 0.2) is 24.3 Å². The Morgan fingerprint density at radius 3 is 2.63 bits per heavy atom. The summed E-state index contributed by atoms with van der Waals surface area (Å²) in [6.45, 7) is 5.24. The van der Waals surface area contributed by atoms with Gasteiger partial charge in [-0.3, -0.25) is 0 Å². The lowest BCUT2D eigenvalue weighted by Gasteiger charge is -2.22. The summed E-state index contributed by atoms with van der Waals surface area (Å²) in [5, 5.41) is 0.827. The normalized spacial score (nSPS) is 10.7. The van der Waals surface area contributed by atoms with Crippen LogP contribution in [0.2, 0.25) is 0 Å². The summed E-state index contributed by atoms with van der Waals surface area (Å²) in [5.41, 5.74) is 7.12. The Kier molecular flexibility index (Phi) is 4.50. The van der Waals surface area contributed by atoms with Gasteiger partial charge in [-0.15, -0.1) is 11.3 Å². The van der Waals surface area contributed by atoms with Gasteiger partial charge in [-0.05, 0) is 38.9 Å². The number of rotatable bonds is 5. The molecule has 2 rings (SSSR count). The van der Waals surface area contributed by atoms with E-state index in [1.54, 1.807) is 23.5 Å². The maximum atomic E-state index is 14.0. The molecule has 0 saturated heterocycles. The van der Waals surface area contributed by atoms with Crippen molar-refractivity contribution in [3.05, 3.63) is 40.7 Å². The predicted molar refractivity (Wildman–Crippen MR) is 78.7 cm³/mol. The zero-order valence-electron chi connectivity index (χ0n) is 11.2. The highest BCUT2D eigenvalue weighted by Gasteiger charge is 2.17. The highest BCUT2D eigenvalue weighted by molar-refractivity contribution is 7.15. The van der Waals surface area contributed by atoms with Gasteiger partial charge in [-0.25, -0.2) is 9.37 Å². The molecular formula is C14H18FN3S. The van der Waals surface area contributed by atoms with E-state index in [0.29, 0.717) is 18.8 Å². The average Bonchev–Trinajstić information content (AvgIpc) is 2.72. The lowest BCUT2D eigenvalue weighted by Crippen LogP contribution is -2.21. The van der Waals surface area contributed by atoms with E-state index >= 15 is 0 Å². The standard InChI is InChI=1S/C14H18FN3S/c1-10-11(2)19-14(17-10)18(9-5-8-16)13-7-4-3-6-12(13)15/h3-4,6-7H,5,8-9,16H2,1-2H3. The molecule has 0 aliphatic heterocycles. The molecule has 0 unspecified atom stereocenters. The first-order valence-corrected chi connectivity index (χ1v) is 7.11. The Morgan fingerprint density at radius 1 is 1.32 bits per heavy atom. The monoisotopic (exact) mass is 279 g/mol. The Morgan fingerprint density at radius 2 is 2.05 bits per heavy atom. The summed E-state index contributed by atoms with van der Waals surface area (Å²) in [5.74, 6) is -0.231. The Hall–Kier alpha value is -1.46. The van der Waals surface area contributed by atoms with Gasteiger partial charge in [0.1, 0.15) is 5.82 Å². The molecule has 1 aromatic heterocycles. The molecule has 0 aliphatic rings. The van der Waals surface area contributed by atoms with E-state index in [2.05, 4.69) is 4.98 Å². The van der Waals surface area contributed by atoms with Gasteiger partial charge in [0, 0.05) is 11.4 Å². The molecule has 0 saturated carbocycles. The molecule has 0 amide bonds. The molecule has 0 bridgehead atoms. The first-order valence-electron chi connectivity index (χ1n) is 6.29. The van der Waals surface area contributed by atoms with Gasteiger partial charge in [0.05, 0.1) is 11.4 Å². The van der Waals surface area contributed by atoms with Crippen LogP contribution >= 0.6 is 11.3 Å². The van der Waals surface area contributed by atoms with Gasteiger partial charge in [-0.2, -0.15) is 0 Å². The van der Waals surface area contributed by atoms with E-state index < -0.39 is 0 Å². The van der Waals surface area contributed by atoms with E-state index in [9.17, 15) is 4.39 Å². The van der Waals surface area contributed by atoms with Gasteiger partial charge in [0.15, 0.2) is 5.13 Å². The number of anilines is 2. The molecule has 0 fully saturated rings. The van der Waals surface area contributed by atoms with Crippen molar-refractivity contribution in [3.8, 4) is 0 Å². The SMILES string of the molecule is Cc1nc(N(CCCN)c2ccccc2F)sc1C. The zero-order valence-corrected chi connectivity index (χ0v) is 12.0. The lowest BCUT2D eigenvalue weighted by atomic mass is 10.2. The summed E-state index contributed by atoms with van der Waals surface area (Å²) in [6.07, 6.45) is 0.798. The molecule has 19 heavy (non-hydrogen) atoms. The van der Waals surface area contributed by atoms with Gasteiger partial charge >= 0.3 is 0 Å². The van der Waals surface area contributed by atoms with Crippen molar-refractivity contribution in [2.24, 2.45) is 5.73 Å². The van der Waals surface area contributed by atoms with Crippen molar-refractivity contribution in [3.63, 3.8) is 0 Å². The van der Waals surface area contributed by atoms with Crippen LogP contribution in [0.4, 0.5) is 15.2 Å². The summed E-state index contributed by atoms with van der Waals surface area (Å²) in [6, 6.07) is 6.77. The predicted octanol–water partition coefficient (Wildman–Crippen LogP) is 3.39. The van der Waals surface area contributed by atoms with Crippen molar-refractivity contribution in [2.45, 2.75) is 20.3 Å². The fourth-order valence-corrected chi connectivity index (χ4v) is 2.76. The van der Waals surface area contributed by atoms with Crippen molar-refractivity contribution >= 4 is 22.2 Å². The van der Waals surface area contributed by atoms with E-state index in [1.807, 2.05) is 24.8 Å². The second-order valence-electron chi connectivity index (χ2n) is 4.38. The van der Waals surface area contributed by atoms with Crippen molar-refractivity contribution in [1.29, 1.82) is 0 Å². The number of nitrogens with two attached hydrogens (primary N) is 1. The second-order valence-corrected chi connectivity index (χ2v) is 5.56. The molecule has 0 aliphatic carbocycles. The number of halogens is 1. The second kappa shape index (κ2) is 6.12. The first kappa shape index (κ1) is 14.0.